The Kier molecular flexibility index (Phi) is 11.3. The van der Waals surface area contributed by atoms with Crippen molar-refractivity contribution in [2.45, 2.75) is 111 Å². The molecule has 1 aromatic carbocycles. The van der Waals surface area contributed by atoms with Gasteiger partial charge in [0.2, 0.25) is 0 Å². The van der Waals surface area contributed by atoms with Gasteiger partial charge in [-0.2, -0.15) is 4.98 Å². The first-order chi connectivity index (χ1) is 15.4. The molecule has 1 aromatic heterocycles. The number of carbonyl (C=O) groups is 1. The Morgan fingerprint density at radius 2 is 1.44 bits per heavy atom. The molecule has 5 nitrogen and oxygen atoms in total. The molecule has 5 heteroatoms. The van der Waals surface area contributed by atoms with E-state index in [0.29, 0.717) is 11.8 Å². The van der Waals surface area contributed by atoms with Crippen LogP contribution in [0.1, 0.15) is 121 Å². The number of para-hydroxylation sites is 1. The van der Waals surface area contributed by atoms with E-state index < -0.39 is 0 Å². The van der Waals surface area contributed by atoms with E-state index in [4.69, 9.17) is 4.42 Å². The van der Waals surface area contributed by atoms with Crippen LogP contribution >= 0.6 is 0 Å². The summed E-state index contributed by atoms with van der Waals surface area (Å²) in [6.45, 7) is 10.8. The third kappa shape index (κ3) is 8.68. The van der Waals surface area contributed by atoms with E-state index in [9.17, 15) is 4.79 Å². The highest BCUT2D eigenvalue weighted by Gasteiger charge is 2.17. The van der Waals surface area contributed by atoms with Crippen LogP contribution in [0.4, 0.5) is 16.5 Å². The van der Waals surface area contributed by atoms with Crippen molar-refractivity contribution in [2.24, 2.45) is 0 Å². The zero-order valence-corrected chi connectivity index (χ0v) is 20.8. The highest BCUT2D eigenvalue weighted by atomic mass is 16.4. The summed E-state index contributed by atoms with van der Waals surface area (Å²) in [5, 5.41) is 5.78. The first-order valence-electron chi connectivity index (χ1n) is 12.6. The maximum absolute atomic E-state index is 12.6. The maximum Gasteiger partial charge on any atom is 0.327 e. The van der Waals surface area contributed by atoms with E-state index >= 15 is 0 Å². The number of urea groups is 1. The molecular weight excluding hydrogens is 398 g/mol. The Balaban J connectivity index is 1.79. The number of benzene rings is 1. The Labute approximate surface area is 194 Å². The number of rotatable bonds is 14. The number of nitrogens with one attached hydrogen (secondary N) is 2. The lowest BCUT2D eigenvalue weighted by Crippen LogP contribution is -2.22. The molecule has 0 unspecified atom stereocenters. The molecule has 0 bridgehead atoms. The molecule has 0 saturated heterocycles. The summed E-state index contributed by atoms with van der Waals surface area (Å²) in [4.78, 5) is 17.1. The molecule has 0 saturated carbocycles. The molecule has 32 heavy (non-hydrogen) atoms. The molecule has 0 aliphatic carbocycles. The molecule has 2 amide bonds. The zero-order valence-electron chi connectivity index (χ0n) is 20.8. The maximum atomic E-state index is 12.6. The van der Waals surface area contributed by atoms with E-state index in [1.807, 2.05) is 0 Å². The average molecular weight is 442 g/mol. The number of nitrogens with zero attached hydrogens (tertiary/aromatic N) is 1. The molecule has 0 spiro atoms. The number of aryl methyl sites for hydroxylation is 1. The van der Waals surface area contributed by atoms with Crippen molar-refractivity contribution in [3.63, 3.8) is 0 Å². The second-order valence-corrected chi connectivity index (χ2v) is 9.42. The van der Waals surface area contributed by atoms with Crippen molar-refractivity contribution in [1.29, 1.82) is 0 Å². The first-order valence-corrected chi connectivity index (χ1v) is 12.6. The number of amides is 2. The summed E-state index contributed by atoms with van der Waals surface area (Å²) in [6, 6.07) is 6.12. The molecular formula is C27H43N3O2. The van der Waals surface area contributed by atoms with Gasteiger partial charge in [0.15, 0.2) is 0 Å². The number of aromatic nitrogens is 1. The van der Waals surface area contributed by atoms with Gasteiger partial charge in [-0.3, -0.25) is 5.32 Å². The van der Waals surface area contributed by atoms with E-state index in [0.717, 1.165) is 35.3 Å². The summed E-state index contributed by atoms with van der Waals surface area (Å²) in [6.07, 6.45) is 14.2. The van der Waals surface area contributed by atoms with Gasteiger partial charge in [-0.15, -0.1) is 0 Å². The van der Waals surface area contributed by atoms with Crippen LogP contribution in [-0.4, -0.2) is 11.0 Å². The van der Waals surface area contributed by atoms with Gasteiger partial charge in [0.1, 0.15) is 6.26 Å². The largest absolute Gasteiger partial charge is 0.432 e. The van der Waals surface area contributed by atoms with Crippen molar-refractivity contribution in [3.8, 4) is 0 Å². The standard InChI is InChI=1S/C27H43N3O2/c1-6-7-8-9-10-11-12-13-14-16-22-19-32-27(28-22)30-26(31)29-25-23(20(2)3)17-15-18-24(25)21(4)5/h15,17-21H,6-14,16H2,1-5H3,(H2,28,29,30,31). The van der Waals surface area contributed by atoms with Gasteiger partial charge in [-0.25, -0.2) is 4.79 Å². The summed E-state index contributed by atoms with van der Waals surface area (Å²) < 4.78 is 5.48. The minimum absolute atomic E-state index is 0.251. The van der Waals surface area contributed by atoms with Crippen molar-refractivity contribution in [2.75, 3.05) is 10.6 Å². The second kappa shape index (κ2) is 14.0. The second-order valence-electron chi connectivity index (χ2n) is 9.42. The number of unbranched alkanes of at least 4 members (excludes halogenated alkanes) is 8. The zero-order chi connectivity index (χ0) is 23.3. The van der Waals surface area contributed by atoms with Crippen molar-refractivity contribution in [3.05, 3.63) is 41.3 Å². The van der Waals surface area contributed by atoms with E-state index in [-0.39, 0.29) is 12.0 Å². The Morgan fingerprint density at radius 1 is 0.875 bits per heavy atom. The van der Waals surface area contributed by atoms with Gasteiger partial charge < -0.3 is 9.73 Å². The summed E-state index contributed by atoms with van der Waals surface area (Å²) >= 11 is 0. The molecule has 1 heterocycles. The van der Waals surface area contributed by atoms with E-state index in [2.05, 4.69) is 68.4 Å². The summed E-state index contributed by atoms with van der Waals surface area (Å²) in [5.41, 5.74) is 4.04. The number of anilines is 2. The lowest BCUT2D eigenvalue weighted by atomic mass is 9.93. The molecule has 0 aliphatic heterocycles. The van der Waals surface area contributed by atoms with Gasteiger partial charge in [0, 0.05) is 5.69 Å². The van der Waals surface area contributed by atoms with Crippen LogP contribution in [0.25, 0.3) is 0 Å². The quantitative estimate of drug-likeness (QED) is 0.288. The normalized spacial score (nSPS) is 11.3. The van der Waals surface area contributed by atoms with Crippen molar-refractivity contribution < 1.29 is 9.21 Å². The van der Waals surface area contributed by atoms with Crippen LogP contribution in [0.3, 0.4) is 0 Å². The SMILES string of the molecule is CCCCCCCCCCCc1coc(NC(=O)Nc2c(C(C)C)cccc2C(C)C)n1. The summed E-state index contributed by atoms with van der Waals surface area (Å²) in [7, 11) is 0. The van der Waals surface area contributed by atoms with Crippen molar-refractivity contribution >= 4 is 17.7 Å². The monoisotopic (exact) mass is 441 g/mol. The highest BCUT2D eigenvalue weighted by Crippen LogP contribution is 2.32. The lowest BCUT2D eigenvalue weighted by molar-refractivity contribution is 0.261. The Bertz CT molecular complexity index is 785. The van der Waals surface area contributed by atoms with Crippen LogP contribution in [-0.2, 0) is 6.42 Å². The van der Waals surface area contributed by atoms with Crippen LogP contribution in [0.5, 0.6) is 0 Å². The van der Waals surface area contributed by atoms with Gasteiger partial charge in [-0.1, -0.05) is 104 Å². The van der Waals surface area contributed by atoms with Gasteiger partial charge >= 0.3 is 12.0 Å². The number of hydrogen-bond donors (Lipinski definition) is 2. The predicted octanol–water partition coefficient (Wildman–Crippen LogP) is 8.64. The molecule has 0 radical (unpaired) electrons. The molecule has 0 fully saturated rings. The van der Waals surface area contributed by atoms with E-state index in [1.165, 1.54) is 51.4 Å². The predicted molar refractivity (Wildman–Crippen MR) is 135 cm³/mol. The molecule has 178 valence electrons. The lowest BCUT2D eigenvalue weighted by Gasteiger charge is -2.20. The first kappa shape index (κ1) is 26.0. The fraction of sp³-hybridized carbons (Fsp3) is 0.630. The van der Waals surface area contributed by atoms with Gasteiger partial charge in [0.05, 0.1) is 5.69 Å². The third-order valence-corrected chi connectivity index (χ3v) is 5.92. The Morgan fingerprint density at radius 3 is 2.00 bits per heavy atom. The van der Waals surface area contributed by atoms with Crippen LogP contribution < -0.4 is 10.6 Å². The molecule has 2 N–H and O–H groups in total. The fourth-order valence-electron chi connectivity index (χ4n) is 4.03. The third-order valence-electron chi connectivity index (χ3n) is 5.92. The number of hydrogen-bond acceptors (Lipinski definition) is 3. The van der Waals surface area contributed by atoms with Crippen molar-refractivity contribution in [1.82, 2.24) is 4.98 Å². The smallest absolute Gasteiger partial charge is 0.327 e. The number of carbonyl (C=O) groups excluding carboxylic acids is 1. The fourth-order valence-corrected chi connectivity index (χ4v) is 4.03. The minimum atomic E-state index is -0.323. The minimum Gasteiger partial charge on any atom is -0.432 e. The van der Waals surface area contributed by atoms with Crippen LogP contribution in [0, 0.1) is 0 Å². The molecule has 0 aliphatic rings. The molecule has 2 rings (SSSR count). The topological polar surface area (TPSA) is 67.2 Å². The Hall–Kier alpha value is -2.30. The highest BCUT2D eigenvalue weighted by molar-refractivity contribution is 5.99. The number of oxazole rings is 1. The van der Waals surface area contributed by atoms with Crippen LogP contribution in [0.2, 0.25) is 0 Å². The van der Waals surface area contributed by atoms with E-state index in [1.54, 1.807) is 6.26 Å². The average Bonchev–Trinajstić information content (AvgIpc) is 3.19. The summed E-state index contributed by atoms with van der Waals surface area (Å²) in [5.74, 6) is 0.627. The molecule has 2 aromatic rings. The van der Waals surface area contributed by atoms with Gasteiger partial charge in [-0.05, 0) is 35.8 Å². The van der Waals surface area contributed by atoms with Gasteiger partial charge in [0.25, 0.3) is 0 Å². The molecule has 0 atom stereocenters. The van der Waals surface area contributed by atoms with Crippen LogP contribution in [0.15, 0.2) is 28.9 Å².